The van der Waals surface area contributed by atoms with E-state index in [4.69, 9.17) is 0 Å². The third-order valence-electron chi connectivity index (χ3n) is 4.96. The fraction of sp³-hybridized carbons (Fsp3) is 0.412. The summed E-state index contributed by atoms with van der Waals surface area (Å²) in [7, 11) is 0. The number of benzene rings is 1. The Bertz CT molecular complexity index is 656. The molecule has 2 aliphatic heterocycles. The van der Waals surface area contributed by atoms with Crippen molar-refractivity contribution < 1.29 is 9.18 Å². The summed E-state index contributed by atoms with van der Waals surface area (Å²) in [4.78, 5) is 18.8. The average Bonchev–Trinajstić information content (AvgIpc) is 3.14. The van der Waals surface area contributed by atoms with Crippen LogP contribution in [0.3, 0.4) is 0 Å². The van der Waals surface area contributed by atoms with Crippen LogP contribution in [-0.4, -0.2) is 27.9 Å². The van der Waals surface area contributed by atoms with Gasteiger partial charge in [-0.3, -0.25) is 4.79 Å². The molecule has 3 heterocycles. The number of nitrogens with zero attached hydrogens (tertiary/aromatic N) is 2. The van der Waals surface area contributed by atoms with Crippen LogP contribution in [-0.2, 0) is 0 Å². The third kappa shape index (κ3) is 2.33. The number of rotatable bonds is 2. The fourth-order valence-corrected chi connectivity index (χ4v) is 4.49. The van der Waals surface area contributed by atoms with Crippen molar-refractivity contribution in [3.8, 4) is 0 Å². The Morgan fingerprint density at radius 1 is 1.18 bits per heavy atom. The summed E-state index contributed by atoms with van der Waals surface area (Å²) in [5.74, 6) is 0.312. The van der Waals surface area contributed by atoms with Gasteiger partial charge in [0, 0.05) is 17.5 Å². The number of hydrogen-bond donors (Lipinski definition) is 0. The highest BCUT2D eigenvalue weighted by Gasteiger charge is 2.44. The van der Waals surface area contributed by atoms with E-state index >= 15 is 0 Å². The van der Waals surface area contributed by atoms with Crippen molar-refractivity contribution in [2.24, 2.45) is 0 Å². The van der Waals surface area contributed by atoms with E-state index in [1.54, 1.807) is 5.51 Å². The smallest absolute Gasteiger partial charge is 0.273 e. The minimum atomic E-state index is -0.192. The lowest BCUT2D eigenvalue weighted by molar-refractivity contribution is 0.0566. The molecule has 0 radical (unpaired) electrons. The maximum Gasteiger partial charge on any atom is 0.273 e. The lowest BCUT2D eigenvalue weighted by atomic mass is 9.85. The molecule has 3 nitrogen and oxygen atoms in total. The van der Waals surface area contributed by atoms with Gasteiger partial charge in [-0.2, -0.15) is 0 Å². The first-order valence-corrected chi connectivity index (χ1v) is 8.63. The standard InChI is InChI=1S/C17H17FN2OS/c18-13-3-1-11(2-4-13)12-7-14-5-6-15(8-12)20(14)17(21)16-9-22-10-19-16/h1-4,9-10,12,14-15H,5-8H2/t12?,14-,15+. The summed E-state index contributed by atoms with van der Waals surface area (Å²) in [6.07, 6.45) is 4.08. The third-order valence-corrected chi connectivity index (χ3v) is 5.55. The maximum absolute atomic E-state index is 13.1. The van der Waals surface area contributed by atoms with Gasteiger partial charge in [0.1, 0.15) is 11.5 Å². The SMILES string of the molecule is O=C(c1cscn1)N1[C@@H]2CC[C@H]1CC(c1ccc(F)cc1)C2. The first-order valence-electron chi connectivity index (χ1n) is 7.68. The van der Waals surface area contributed by atoms with Gasteiger partial charge in [0.15, 0.2) is 0 Å². The van der Waals surface area contributed by atoms with E-state index in [1.807, 2.05) is 17.5 Å². The van der Waals surface area contributed by atoms with Crippen LogP contribution in [0.15, 0.2) is 35.2 Å². The molecule has 1 amide bonds. The molecule has 114 valence electrons. The second-order valence-corrected chi connectivity index (χ2v) is 6.91. The summed E-state index contributed by atoms with van der Waals surface area (Å²) in [5.41, 5.74) is 3.47. The molecule has 1 unspecified atom stereocenters. The monoisotopic (exact) mass is 316 g/mol. The highest BCUT2D eigenvalue weighted by atomic mass is 32.1. The molecule has 3 atom stereocenters. The fourth-order valence-electron chi connectivity index (χ4n) is 3.97. The molecule has 0 N–H and O–H groups in total. The molecule has 4 rings (SSSR count). The predicted octanol–water partition coefficient (Wildman–Crippen LogP) is 3.83. The van der Waals surface area contributed by atoms with Gasteiger partial charge < -0.3 is 4.90 Å². The number of piperidine rings is 1. The Morgan fingerprint density at radius 3 is 2.45 bits per heavy atom. The van der Waals surface area contributed by atoms with Crippen molar-refractivity contribution in [2.45, 2.75) is 43.7 Å². The van der Waals surface area contributed by atoms with Crippen molar-refractivity contribution in [3.05, 3.63) is 52.2 Å². The quantitative estimate of drug-likeness (QED) is 0.843. The summed E-state index contributed by atoms with van der Waals surface area (Å²) in [5, 5.41) is 1.83. The normalized spacial score (nSPS) is 27.1. The largest absolute Gasteiger partial charge is 0.331 e. The Balaban J connectivity index is 1.54. The first-order chi connectivity index (χ1) is 10.7. The predicted molar refractivity (Wildman–Crippen MR) is 83.5 cm³/mol. The summed E-state index contributed by atoms with van der Waals surface area (Å²) in [6, 6.07) is 7.42. The van der Waals surface area contributed by atoms with Gasteiger partial charge >= 0.3 is 0 Å². The van der Waals surface area contributed by atoms with Crippen molar-refractivity contribution in [3.63, 3.8) is 0 Å². The van der Waals surface area contributed by atoms with Gasteiger partial charge in [0.05, 0.1) is 5.51 Å². The number of amides is 1. The van der Waals surface area contributed by atoms with E-state index in [9.17, 15) is 9.18 Å². The molecule has 0 saturated carbocycles. The van der Waals surface area contributed by atoms with Gasteiger partial charge in [-0.05, 0) is 49.3 Å². The van der Waals surface area contributed by atoms with Crippen molar-refractivity contribution in [1.29, 1.82) is 0 Å². The first kappa shape index (κ1) is 13.9. The van der Waals surface area contributed by atoms with Gasteiger partial charge in [-0.15, -0.1) is 11.3 Å². The highest BCUT2D eigenvalue weighted by molar-refractivity contribution is 7.07. The van der Waals surface area contributed by atoms with Crippen LogP contribution in [0.25, 0.3) is 0 Å². The van der Waals surface area contributed by atoms with E-state index in [2.05, 4.69) is 9.88 Å². The van der Waals surface area contributed by atoms with Gasteiger partial charge in [0.2, 0.25) is 0 Å². The molecule has 2 aromatic rings. The number of aromatic nitrogens is 1. The van der Waals surface area contributed by atoms with Gasteiger partial charge in [-0.1, -0.05) is 12.1 Å². The molecule has 5 heteroatoms. The molecule has 0 aliphatic carbocycles. The lowest BCUT2D eigenvalue weighted by Gasteiger charge is -2.39. The average molecular weight is 316 g/mol. The molecule has 2 fully saturated rings. The van der Waals surface area contributed by atoms with Crippen LogP contribution in [0, 0.1) is 5.82 Å². The lowest BCUT2D eigenvalue weighted by Crippen LogP contribution is -2.46. The zero-order valence-corrected chi connectivity index (χ0v) is 12.9. The van der Waals surface area contributed by atoms with Crippen LogP contribution in [0.1, 0.15) is 47.7 Å². The molecule has 2 bridgehead atoms. The number of carbonyl (C=O) groups is 1. The van der Waals surface area contributed by atoms with Crippen LogP contribution in [0.4, 0.5) is 4.39 Å². The number of carbonyl (C=O) groups excluding carboxylic acids is 1. The highest BCUT2D eigenvalue weighted by Crippen LogP contribution is 2.43. The maximum atomic E-state index is 13.1. The molecule has 1 aromatic carbocycles. The minimum Gasteiger partial charge on any atom is -0.331 e. The molecule has 1 aromatic heterocycles. The summed E-state index contributed by atoms with van der Waals surface area (Å²) >= 11 is 1.46. The minimum absolute atomic E-state index is 0.0753. The Kier molecular flexibility index (Phi) is 3.45. The topological polar surface area (TPSA) is 33.2 Å². The van der Waals surface area contributed by atoms with E-state index in [0.29, 0.717) is 23.7 Å². The van der Waals surface area contributed by atoms with E-state index in [-0.39, 0.29) is 11.7 Å². The molecule has 0 spiro atoms. The van der Waals surface area contributed by atoms with E-state index in [1.165, 1.54) is 29.0 Å². The van der Waals surface area contributed by atoms with E-state index < -0.39 is 0 Å². The van der Waals surface area contributed by atoms with Gasteiger partial charge in [-0.25, -0.2) is 9.37 Å². The Hall–Kier alpha value is -1.75. The second kappa shape index (κ2) is 5.47. The van der Waals surface area contributed by atoms with E-state index in [0.717, 1.165) is 25.7 Å². The molecular weight excluding hydrogens is 299 g/mol. The van der Waals surface area contributed by atoms with Crippen LogP contribution in [0.5, 0.6) is 0 Å². The number of fused-ring (bicyclic) bond motifs is 2. The zero-order chi connectivity index (χ0) is 15.1. The van der Waals surface area contributed by atoms with Crippen LogP contribution in [0.2, 0.25) is 0 Å². The second-order valence-electron chi connectivity index (χ2n) is 6.19. The van der Waals surface area contributed by atoms with Gasteiger partial charge in [0.25, 0.3) is 5.91 Å². The summed E-state index contributed by atoms with van der Waals surface area (Å²) < 4.78 is 13.1. The zero-order valence-electron chi connectivity index (χ0n) is 12.1. The van der Waals surface area contributed by atoms with Crippen molar-refractivity contribution in [1.82, 2.24) is 9.88 Å². The van der Waals surface area contributed by atoms with Crippen LogP contribution >= 0.6 is 11.3 Å². The number of hydrogen-bond acceptors (Lipinski definition) is 3. The Labute approximate surface area is 132 Å². The number of halogens is 1. The number of thiazole rings is 1. The molecule has 2 aliphatic rings. The van der Waals surface area contributed by atoms with Crippen molar-refractivity contribution in [2.75, 3.05) is 0 Å². The van der Waals surface area contributed by atoms with Crippen molar-refractivity contribution >= 4 is 17.2 Å². The molecule has 22 heavy (non-hydrogen) atoms. The Morgan fingerprint density at radius 2 is 1.86 bits per heavy atom. The summed E-state index contributed by atoms with van der Waals surface area (Å²) in [6.45, 7) is 0. The molecule has 2 saturated heterocycles. The van der Waals surface area contributed by atoms with Crippen LogP contribution < -0.4 is 0 Å². The molecular formula is C17H17FN2OS.